The van der Waals surface area contributed by atoms with Gasteiger partial charge in [-0.2, -0.15) is 4.68 Å². The maximum atomic E-state index is 5.66. The molecule has 2 N–H and O–H groups in total. The van der Waals surface area contributed by atoms with E-state index in [1.165, 1.54) is 0 Å². The molecule has 1 fully saturated rings. The van der Waals surface area contributed by atoms with Crippen LogP contribution in [0.2, 0.25) is 0 Å². The Balaban J connectivity index is 1.47. The number of rotatable bonds is 4. The van der Waals surface area contributed by atoms with Crippen molar-refractivity contribution in [3.05, 3.63) is 65.5 Å². The molecule has 5 rings (SSSR count). The number of aromatic nitrogens is 7. The third-order valence-corrected chi connectivity index (χ3v) is 4.99. The molecule has 1 saturated carbocycles. The molecule has 0 spiro atoms. The van der Waals surface area contributed by atoms with Crippen LogP contribution in [-0.2, 0) is 6.54 Å². The van der Waals surface area contributed by atoms with E-state index in [9.17, 15) is 0 Å². The molecule has 136 valence electrons. The van der Waals surface area contributed by atoms with Gasteiger partial charge in [-0.25, -0.2) is 19.9 Å². The molecule has 1 aliphatic rings. The van der Waals surface area contributed by atoms with E-state index in [0.717, 1.165) is 40.9 Å². The van der Waals surface area contributed by atoms with Crippen LogP contribution < -0.4 is 5.73 Å². The summed E-state index contributed by atoms with van der Waals surface area (Å²) < 4.78 is 3.80. The lowest BCUT2D eigenvalue weighted by molar-refractivity contribution is 0.768. The van der Waals surface area contributed by atoms with E-state index < -0.39 is 0 Å². The number of nitrogens with two attached hydrogens (primary N) is 1. The van der Waals surface area contributed by atoms with E-state index in [0.29, 0.717) is 24.2 Å². The molecule has 2 atom stereocenters. The zero-order chi connectivity index (χ0) is 18.5. The van der Waals surface area contributed by atoms with Crippen LogP contribution in [0.15, 0.2) is 36.7 Å². The van der Waals surface area contributed by atoms with Crippen molar-refractivity contribution in [2.45, 2.75) is 38.6 Å². The van der Waals surface area contributed by atoms with Gasteiger partial charge in [0.05, 0.1) is 17.9 Å². The lowest BCUT2D eigenvalue weighted by atomic mass is 10.2. The molecular weight excluding hydrogens is 340 g/mol. The lowest BCUT2D eigenvalue weighted by Crippen LogP contribution is -2.07. The van der Waals surface area contributed by atoms with E-state index in [2.05, 4.69) is 30.6 Å². The van der Waals surface area contributed by atoms with Gasteiger partial charge in [-0.15, -0.1) is 5.10 Å². The summed E-state index contributed by atoms with van der Waals surface area (Å²) in [6.45, 7) is 4.12. The van der Waals surface area contributed by atoms with Crippen LogP contribution in [0, 0.1) is 13.8 Å². The summed E-state index contributed by atoms with van der Waals surface area (Å²) in [5.74, 6) is 3.60. The smallest absolute Gasteiger partial charge is 0.164 e. The highest BCUT2D eigenvalue weighted by Crippen LogP contribution is 2.53. The lowest BCUT2D eigenvalue weighted by Gasteiger charge is -2.06. The first-order chi connectivity index (χ1) is 13.1. The number of hydrogen-bond acceptors (Lipinski definition) is 6. The number of imidazole rings is 1. The number of aryl methyl sites for hydroxylation is 2. The van der Waals surface area contributed by atoms with Gasteiger partial charge < -0.3 is 10.1 Å². The fourth-order valence-electron chi connectivity index (χ4n) is 3.60. The largest absolute Gasteiger partial charge is 0.324 e. The average molecular weight is 360 g/mol. The third kappa shape index (κ3) is 2.78. The first-order valence-electron chi connectivity index (χ1n) is 9.04. The van der Waals surface area contributed by atoms with Gasteiger partial charge >= 0.3 is 0 Å². The van der Waals surface area contributed by atoms with Gasteiger partial charge in [-0.1, -0.05) is 6.07 Å². The highest BCUT2D eigenvalue weighted by atomic mass is 15.4. The predicted molar refractivity (Wildman–Crippen MR) is 99.6 cm³/mol. The Kier molecular flexibility index (Phi) is 3.54. The van der Waals surface area contributed by atoms with Gasteiger partial charge in [0.1, 0.15) is 17.3 Å². The Morgan fingerprint density at radius 3 is 2.70 bits per heavy atom. The van der Waals surface area contributed by atoms with Crippen LogP contribution in [0.1, 0.15) is 47.1 Å². The first-order valence-corrected chi connectivity index (χ1v) is 9.04. The number of nitrogens with zero attached hydrogens (tertiary/aromatic N) is 7. The van der Waals surface area contributed by atoms with Gasteiger partial charge in [0.2, 0.25) is 0 Å². The molecule has 0 bridgehead atoms. The minimum Gasteiger partial charge on any atom is -0.324 e. The summed E-state index contributed by atoms with van der Waals surface area (Å²) in [4.78, 5) is 18.3. The molecule has 8 heteroatoms. The monoisotopic (exact) mass is 360 g/mol. The predicted octanol–water partition coefficient (Wildman–Crippen LogP) is 2.05. The van der Waals surface area contributed by atoms with E-state index in [1.807, 2.05) is 44.3 Å². The average Bonchev–Trinajstić information content (AvgIpc) is 3.20. The molecule has 8 nitrogen and oxygen atoms in total. The fourth-order valence-corrected chi connectivity index (χ4v) is 3.60. The standard InChI is InChI=1S/C19H20N8/c1-11-21-15(8-19(22-11)27-12(2)23-17(9-20)25-27)13-7-14(13)16-10-26-6-4-3-5-18(26)24-16/h3-6,8,10,13-14H,7,9,20H2,1-2H3. The second-order valence-corrected chi connectivity index (χ2v) is 6.97. The number of pyridine rings is 1. The Bertz CT molecular complexity index is 1110. The van der Waals surface area contributed by atoms with E-state index in [1.54, 1.807) is 4.68 Å². The zero-order valence-electron chi connectivity index (χ0n) is 15.2. The van der Waals surface area contributed by atoms with Crippen molar-refractivity contribution in [1.29, 1.82) is 0 Å². The summed E-state index contributed by atoms with van der Waals surface area (Å²) in [6, 6.07) is 8.05. The summed E-state index contributed by atoms with van der Waals surface area (Å²) in [7, 11) is 0. The fraction of sp³-hybridized carbons (Fsp3) is 0.316. The highest BCUT2D eigenvalue weighted by molar-refractivity contribution is 5.43. The maximum Gasteiger partial charge on any atom is 0.164 e. The van der Waals surface area contributed by atoms with E-state index in [4.69, 9.17) is 10.7 Å². The molecule has 4 aromatic heterocycles. The minimum absolute atomic E-state index is 0.309. The van der Waals surface area contributed by atoms with E-state index in [-0.39, 0.29) is 0 Å². The van der Waals surface area contributed by atoms with Gasteiger partial charge in [0.25, 0.3) is 0 Å². The zero-order valence-corrected chi connectivity index (χ0v) is 15.2. The van der Waals surface area contributed by atoms with Crippen molar-refractivity contribution in [3.8, 4) is 5.82 Å². The third-order valence-electron chi connectivity index (χ3n) is 4.99. The molecule has 0 aromatic carbocycles. The molecule has 0 aliphatic heterocycles. The summed E-state index contributed by atoms with van der Waals surface area (Å²) in [6.07, 6.45) is 5.19. The molecule has 0 amide bonds. The Morgan fingerprint density at radius 2 is 1.93 bits per heavy atom. The van der Waals surface area contributed by atoms with Crippen LogP contribution in [0.4, 0.5) is 0 Å². The van der Waals surface area contributed by atoms with Crippen LogP contribution in [-0.4, -0.2) is 34.1 Å². The molecular formula is C19H20N8. The summed E-state index contributed by atoms with van der Waals surface area (Å²) >= 11 is 0. The SMILES string of the molecule is Cc1nc(C2CC2c2cn3ccccc3n2)cc(-n2nc(CN)nc2C)n1. The molecule has 0 saturated heterocycles. The first kappa shape index (κ1) is 16.1. The van der Waals surface area contributed by atoms with Crippen molar-refractivity contribution in [1.82, 2.24) is 34.1 Å². The van der Waals surface area contributed by atoms with Crippen molar-refractivity contribution < 1.29 is 0 Å². The quantitative estimate of drug-likeness (QED) is 0.598. The van der Waals surface area contributed by atoms with Gasteiger partial charge in [0, 0.05) is 30.3 Å². The molecule has 0 radical (unpaired) electrons. The van der Waals surface area contributed by atoms with Crippen LogP contribution in [0.25, 0.3) is 11.5 Å². The summed E-state index contributed by atoms with van der Waals surface area (Å²) in [5.41, 5.74) is 8.79. The highest BCUT2D eigenvalue weighted by Gasteiger charge is 2.42. The van der Waals surface area contributed by atoms with Crippen molar-refractivity contribution >= 4 is 5.65 Å². The van der Waals surface area contributed by atoms with Gasteiger partial charge in [-0.3, -0.25) is 0 Å². The van der Waals surface area contributed by atoms with Crippen molar-refractivity contribution in [2.24, 2.45) is 5.73 Å². The molecule has 2 unspecified atom stereocenters. The van der Waals surface area contributed by atoms with Gasteiger partial charge in [-0.05, 0) is 32.4 Å². The Labute approximate surface area is 156 Å². The van der Waals surface area contributed by atoms with Crippen molar-refractivity contribution in [3.63, 3.8) is 0 Å². The molecule has 4 aromatic rings. The van der Waals surface area contributed by atoms with Crippen LogP contribution >= 0.6 is 0 Å². The van der Waals surface area contributed by atoms with Gasteiger partial charge in [0.15, 0.2) is 11.6 Å². The molecule has 4 heterocycles. The number of hydrogen-bond donors (Lipinski definition) is 1. The maximum absolute atomic E-state index is 5.66. The molecule has 1 aliphatic carbocycles. The number of fused-ring (bicyclic) bond motifs is 1. The topological polar surface area (TPSA) is 99.8 Å². The van der Waals surface area contributed by atoms with Crippen molar-refractivity contribution in [2.75, 3.05) is 0 Å². The minimum atomic E-state index is 0.309. The normalized spacial score (nSPS) is 18.9. The Morgan fingerprint density at radius 1 is 1.07 bits per heavy atom. The second-order valence-electron chi connectivity index (χ2n) is 6.97. The Hall–Kier alpha value is -3.13. The van der Waals surface area contributed by atoms with Crippen LogP contribution in [0.5, 0.6) is 0 Å². The van der Waals surface area contributed by atoms with E-state index >= 15 is 0 Å². The second kappa shape index (κ2) is 5.95. The van der Waals surface area contributed by atoms with Crippen LogP contribution in [0.3, 0.4) is 0 Å². The molecule has 27 heavy (non-hydrogen) atoms. The summed E-state index contributed by atoms with van der Waals surface area (Å²) in [5, 5.41) is 4.44.